The Morgan fingerprint density at radius 2 is 1.74 bits per heavy atom. The van der Waals surface area contributed by atoms with Crippen LogP contribution in [0.2, 0.25) is 0 Å². The fourth-order valence-electron chi connectivity index (χ4n) is 4.07. The summed E-state index contributed by atoms with van der Waals surface area (Å²) in [5.74, 6) is 0.255. The number of aryl methyl sites for hydroxylation is 1. The van der Waals surface area contributed by atoms with Crippen LogP contribution in [0.25, 0.3) is 22.2 Å². The maximum Gasteiger partial charge on any atom is 0.129 e. The number of nitrogens with two attached hydrogens (primary N) is 1. The van der Waals surface area contributed by atoms with E-state index in [0.29, 0.717) is 6.42 Å². The topological polar surface area (TPSA) is 75.0 Å². The first kappa shape index (κ1) is 22.6. The molecule has 162 valence electrons. The molecule has 3 aromatic rings. The number of fused-ring (bicyclic) bond motifs is 1. The molecule has 0 amide bonds. The predicted octanol–water partition coefficient (Wildman–Crippen LogP) is 5.36. The van der Waals surface area contributed by atoms with Gasteiger partial charge in [0, 0.05) is 30.6 Å². The molecule has 2 heterocycles. The standard InChI is InChI=1S/C22H24N4.C4H8O/c1-2-26-21-13-16(15-25-11-3-4-12-25)5-10-19(21)20(14-23)22(26)17-6-8-18(24)9-7-17;1-3-4(2)5/h5-10,13H,2-4,11-12,15,24H2,1H3;3H2,1-2H3. The van der Waals surface area contributed by atoms with Gasteiger partial charge in [-0.2, -0.15) is 5.26 Å². The largest absolute Gasteiger partial charge is 0.399 e. The second-order valence-electron chi connectivity index (χ2n) is 8.09. The zero-order valence-electron chi connectivity index (χ0n) is 18.8. The highest BCUT2D eigenvalue weighted by Gasteiger charge is 2.19. The van der Waals surface area contributed by atoms with Gasteiger partial charge in [-0.15, -0.1) is 0 Å². The third kappa shape index (κ3) is 5.15. The summed E-state index contributed by atoms with van der Waals surface area (Å²) in [4.78, 5) is 12.3. The van der Waals surface area contributed by atoms with Gasteiger partial charge < -0.3 is 15.1 Å². The average molecular weight is 417 g/mol. The number of nitriles is 1. The average Bonchev–Trinajstić information content (AvgIpc) is 3.39. The van der Waals surface area contributed by atoms with E-state index in [-0.39, 0.29) is 5.78 Å². The highest BCUT2D eigenvalue weighted by molar-refractivity contribution is 5.95. The van der Waals surface area contributed by atoms with Crippen molar-refractivity contribution in [1.29, 1.82) is 5.26 Å². The van der Waals surface area contributed by atoms with Crippen LogP contribution in [0.5, 0.6) is 0 Å². The number of Topliss-reactive ketones (excluding diaryl/α,β-unsaturated/α-hetero) is 1. The lowest BCUT2D eigenvalue weighted by atomic mass is 10.0. The molecule has 0 unspecified atom stereocenters. The summed E-state index contributed by atoms with van der Waals surface area (Å²) in [7, 11) is 0. The van der Waals surface area contributed by atoms with Crippen LogP contribution in [-0.2, 0) is 17.9 Å². The van der Waals surface area contributed by atoms with Gasteiger partial charge in [0.15, 0.2) is 0 Å². The molecule has 1 fully saturated rings. The first-order valence-electron chi connectivity index (χ1n) is 11.1. The Hall–Kier alpha value is -3.10. The number of anilines is 1. The molecule has 0 aliphatic carbocycles. The minimum atomic E-state index is 0.255. The zero-order valence-corrected chi connectivity index (χ0v) is 18.8. The third-order valence-corrected chi connectivity index (χ3v) is 5.84. The smallest absolute Gasteiger partial charge is 0.129 e. The summed E-state index contributed by atoms with van der Waals surface area (Å²) in [6.45, 7) is 9.76. The van der Waals surface area contributed by atoms with E-state index in [1.165, 1.54) is 31.5 Å². The summed E-state index contributed by atoms with van der Waals surface area (Å²) < 4.78 is 2.26. The van der Waals surface area contributed by atoms with E-state index in [0.717, 1.165) is 46.5 Å². The molecule has 1 aromatic heterocycles. The van der Waals surface area contributed by atoms with Crippen molar-refractivity contribution in [2.75, 3.05) is 18.8 Å². The van der Waals surface area contributed by atoms with Crippen LogP contribution in [0.15, 0.2) is 42.5 Å². The molecular weight excluding hydrogens is 384 g/mol. The SMILES string of the molecule is CCC(C)=O.CCn1c(-c2ccc(N)cc2)c(C#N)c2ccc(CN3CCCC3)cc21. The van der Waals surface area contributed by atoms with E-state index in [9.17, 15) is 10.1 Å². The maximum absolute atomic E-state index is 9.84. The molecule has 0 radical (unpaired) electrons. The van der Waals surface area contributed by atoms with E-state index in [2.05, 4.69) is 40.7 Å². The van der Waals surface area contributed by atoms with Crippen molar-refractivity contribution < 1.29 is 4.79 Å². The first-order chi connectivity index (χ1) is 15.0. The fraction of sp³-hybridized carbons (Fsp3) is 0.385. The minimum Gasteiger partial charge on any atom is -0.399 e. The first-order valence-corrected chi connectivity index (χ1v) is 11.1. The van der Waals surface area contributed by atoms with Gasteiger partial charge in [-0.25, -0.2) is 0 Å². The second-order valence-corrected chi connectivity index (χ2v) is 8.09. The van der Waals surface area contributed by atoms with E-state index < -0.39 is 0 Å². The molecule has 2 N–H and O–H groups in total. The molecule has 31 heavy (non-hydrogen) atoms. The molecule has 0 atom stereocenters. The fourth-order valence-corrected chi connectivity index (χ4v) is 4.07. The Morgan fingerprint density at radius 3 is 2.29 bits per heavy atom. The van der Waals surface area contributed by atoms with Crippen LogP contribution in [0.4, 0.5) is 5.69 Å². The highest BCUT2D eigenvalue weighted by Crippen LogP contribution is 2.34. The number of hydrogen-bond donors (Lipinski definition) is 1. The van der Waals surface area contributed by atoms with Crippen molar-refractivity contribution in [2.45, 2.75) is 53.1 Å². The van der Waals surface area contributed by atoms with Gasteiger partial charge in [0.05, 0.1) is 16.8 Å². The molecule has 1 saturated heterocycles. The normalized spacial score (nSPS) is 13.6. The number of rotatable bonds is 5. The number of carbonyl (C=O) groups excluding carboxylic acids is 1. The number of aromatic nitrogens is 1. The van der Waals surface area contributed by atoms with Crippen molar-refractivity contribution >= 4 is 22.4 Å². The molecule has 1 aliphatic rings. The number of ketones is 1. The van der Waals surface area contributed by atoms with Crippen LogP contribution in [0, 0.1) is 11.3 Å². The lowest BCUT2D eigenvalue weighted by molar-refractivity contribution is -0.116. The molecule has 0 saturated carbocycles. The van der Waals surface area contributed by atoms with E-state index >= 15 is 0 Å². The van der Waals surface area contributed by atoms with Crippen molar-refractivity contribution in [3.05, 3.63) is 53.6 Å². The monoisotopic (exact) mass is 416 g/mol. The molecule has 0 spiro atoms. The number of carbonyl (C=O) groups is 1. The van der Waals surface area contributed by atoms with Crippen LogP contribution >= 0.6 is 0 Å². The van der Waals surface area contributed by atoms with Gasteiger partial charge in [-0.05, 0) is 69.1 Å². The quantitative estimate of drug-likeness (QED) is 0.568. The molecule has 2 aromatic carbocycles. The predicted molar refractivity (Wildman–Crippen MR) is 128 cm³/mol. The Morgan fingerprint density at radius 1 is 1.10 bits per heavy atom. The van der Waals surface area contributed by atoms with Crippen LogP contribution in [-0.4, -0.2) is 28.3 Å². The molecule has 5 heteroatoms. The van der Waals surface area contributed by atoms with Gasteiger partial charge in [0.1, 0.15) is 11.9 Å². The van der Waals surface area contributed by atoms with Crippen LogP contribution in [0.3, 0.4) is 0 Å². The summed E-state index contributed by atoms with van der Waals surface area (Å²) in [6.07, 6.45) is 3.26. The zero-order chi connectivity index (χ0) is 22.4. The Bertz CT molecular complexity index is 1080. The van der Waals surface area contributed by atoms with Gasteiger partial charge in [0.25, 0.3) is 0 Å². The Kier molecular flexibility index (Phi) is 7.49. The Labute approximate surface area is 185 Å². The lowest BCUT2D eigenvalue weighted by Gasteiger charge is -2.15. The summed E-state index contributed by atoms with van der Waals surface area (Å²) >= 11 is 0. The molecular formula is C26H32N4O. The summed E-state index contributed by atoms with van der Waals surface area (Å²) in [5, 5.41) is 10.9. The number of benzene rings is 2. The van der Waals surface area contributed by atoms with E-state index in [1.807, 2.05) is 31.2 Å². The van der Waals surface area contributed by atoms with Crippen molar-refractivity contribution in [3.63, 3.8) is 0 Å². The summed E-state index contributed by atoms with van der Waals surface area (Å²) in [6, 6.07) is 16.8. The third-order valence-electron chi connectivity index (χ3n) is 5.84. The van der Waals surface area contributed by atoms with E-state index in [4.69, 9.17) is 5.73 Å². The van der Waals surface area contributed by atoms with Crippen molar-refractivity contribution in [2.24, 2.45) is 0 Å². The number of nitrogen functional groups attached to an aromatic ring is 1. The maximum atomic E-state index is 9.84. The number of likely N-dealkylation sites (tertiary alicyclic amines) is 1. The molecule has 5 nitrogen and oxygen atoms in total. The minimum absolute atomic E-state index is 0.255. The van der Waals surface area contributed by atoms with Crippen molar-refractivity contribution in [3.8, 4) is 17.3 Å². The Balaban J connectivity index is 0.000000491. The van der Waals surface area contributed by atoms with Crippen molar-refractivity contribution in [1.82, 2.24) is 9.47 Å². The lowest BCUT2D eigenvalue weighted by Crippen LogP contribution is -2.18. The van der Waals surface area contributed by atoms with Crippen LogP contribution in [0.1, 0.15) is 51.2 Å². The summed E-state index contributed by atoms with van der Waals surface area (Å²) in [5.41, 5.74) is 11.8. The van der Waals surface area contributed by atoms with Gasteiger partial charge in [-0.3, -0.25) is 4.90 Å². The molecule has 1 aliphatic heterocycles. The number of hydrogen-bond acceptors (Lipinski definition) is 4. The van der Waals surface area contributed by atoms with Crippen LogP contribution < -0.4 is 5.73 Å². The molecule has 4 rings (SSSR count). The van der Waals surface area contributed by atoms with Gasteiger partial charge >= 0.3 is 0 Å². The van der Waals surface area contributed by atoms with Gasteiger partial charge in [0.2, 0.25) is 0 Å². The van der Waals surface area contributed by atoms with Gasteiger partial charge in [-0.1, -0.05) is 31.2 Å². The second kappa shape index (κ2) is 10.3. The number of nitrogens with zero attached hydrogens (tertiary/aromatic N) is 3. The highest BCUT2D eigenvalue weighted by atomic mass is 16.1. The van der Waals surface area contributed by atoms with E-state index in [1.54, 1.807) is 6.92 Å². The molecule has 0 bridgehead atoms.